The zero-order valence-electron chi connectivity index (χ0n) is 5.77. The van der Waals surface area contributed by atoms with E-state index in [1.54, 1.807) is 12.1 Å². The van der Waals surface area contributed by atoms with E-state index in [0.29, 0.717) is 16.3 Å². The Morgan fingerprint density at radius 1 is 1.50 bits per heavy atom. The summed E-state index contributed by atoms with van der Waals surface area (Å²) in [4.78, 5) is 10.9. The van der Waals surface area contributed by atoms with Gasteiger partial charge in [0.2, 0.25) is 4.69 Å². The molecule has 0 atom stereocenters. The largest absolute Gasteiger partial charge is 0.397 e. The first-order valence-corrected chi connectivity index (χ1v) is 4.93. The number of anilines is 1. The van der Waals surface area contributed by atoms with Crippen molar-refractivity contribution in [2.24, 2.45) is 0 Å². The van der Waals surface area contributed by atoms with Crippen molar-refractivity contribution in [3.63, 3.8) is 0 Å². The van der Waals surface area contributed by atoms with Gasteiger partial charge in [0, 0.05) is 4.47 Å². The number of hydrogen-bond acceptors (Lipinski definition) is 2. The molecule has 0 aliphatic rings. The van der Waals surface area contributed by atoms with Crippen LogP contribution in [-0.2, 0) is 0 Å². The Labute approximate surface area is 91.3 Å². The van der Waals surface area contributed by atoms with Crippen LogP contribution in [0.25, 0.3) is 0 Å². The monoisotopic (exact) mass is 311 g/mol. The second kappa shape index (κ2) is 3.77. The second-order valence-electron chi connectivity index (χ2n) is 2.12. The first-order valence-electron chi connectivity index (χ1n) is 2.96. The van der Waals surface area contributed by atoms with Gasteiger partial charge in [-0.1, -0.05) is 27.5 Å². The number of carbonyl (C=O) groups excluding carboxylic acids is 1. The van der Waals surface area contributed by atoms with Crippen LogP contribution in [0.5, 0.6) is 0 Å². The van der Waals surface area contributed by atoms with Gasteiger partial charge in [-0.2, -0.15) is 0 Å². The zero-order valence-corrected chi connectivity index (χ0v) is 9.70. The number of nitrogens with two attached hydrogens (primary N) is 1. The average molecular weight is 313 g/mol. The molecule has 0 aliphatic heterocycles. The fraction of sp³-hybridized carbons (Fsp3) is 0. The van der Waals surface area contributed by atoms with Crippen molar-refractivity contribution < 1.29 is 4.79 Å². The van der Waals surface area contributed by atoms with E-state index < -0.39 is 0 Å². The Balaban J connectivity index is 3.37. The molecule has 1 aromatic rings. The quantitative estimate of drug-likeness (QED) is 0.639. The van der Waals surface area contributed by atoms with Gasteiger partial charge < -0.3 is 5.73 Å². The molecule has 1 rings (SSSR count). The smallest absolute Gasteiger partial charge is 0.230 e. The van der Waals surface area contributed by atoms with Crippen LogP contribution in [0.15, 0.2) is 16.6 Å². The zero-order chi connectivity index (χ0) is 9.30. The number of benzene rings is 1. The second-order valence-corrected chi connectivity index (χ2v) is 4.17. The van der Waals surface area contributed by atoms with Crippen molar-refractivity contribution in [1.82, 2.24) is 0 Å². The van der Waals surface area contributed by atoms with E-state index in [4.69, 9.17) is 17.3 Å². The number of hydrogen-bond donors (Lipinski definition) is 1. The van der Waals surface area contributed by atoms with Crippen LogP contribution in [-0.4, -0.2) is 4.69 Å². The van der Waals surface area contributed by atoms with Crippen molar-refractivity contribution in [3.8, 4) is 0 Å². The van der Waals surface area contributed by atoms with Gasteiger partial charge >= 0.3 is 0 Å². The molecule has 5 heteroatoms. The van der Waals surface area contributed by atoms with Gasteiger partial charge in [0.05, 0.1) is 16.3 Å². The molecule has 0 amide bonds. The lowest BCUT2D eigenvalue weighted by atomic mass is 10.2. The van der Waals surface area contributed by atoms with Crippen LogP contribution >= 0.6 is 43.5 Å². The fourth-order valence-electron chi connectivity index (χ4n) is 0.747. The van der Waals surface area contributed by atoms with Crippen molar-refractivity contribution in [2.75, 3.05) is 5.73 Å². The van der Waals surface area contributed by atoms with Crippen LogP contribution in [0.3, 0.4) is 0 Å². The molecular formula is C7H4Br2ClNO. The molecule has 0 heterocycles. The Bertz CT molecular complexity index is 340. The molecule has 1 aromatic carbocycles. The molecule has 12 heavy (non-hydrogen) atoms. The van der Waals surface area contributed by atoms with Gasteiger partial charge in [0.25, 0.3) is 0 Å². The molecule has 2 nitrogen and oxygen atoms in total. The molecule has 0 unspecified atom stereocenters. The predicted octanol–water partition coefficient (Wildman–Crippen LogP) is 3.22. The van der Waals surface area contributed by atoms with Gasteiger partial charge in [-0.3, -0.25) is 4.79 Å². The topological polar surface area (TPSA) is 43.1 Å². The molecule has 0 saturated heterocycles. The summed E-state index contributed by atoms with van der Waals surface area (Å²) >= 11 is 11.7. The molecule has 0 fully saturated rings. The summed E-state index contributed by atoms with van der Waals surface area (Å²) in [6, 6.07) is 3.24. The molecule has 64 valence electrons. The van der Waals surface area contributed by atoms with Crippen molar-refractivity contribution in [3.05, 3.63) is 27.2 Å². The maximum absolute atomic E-state index is 10.9. The summed E-state index contributed by atoms with van der Waals surface area (Å²) < 4.78 is 0.452. The number of nitrogen functional groups attached to an aromatic ring is 1. The molecule has 0 aliphatic carbocycles. The summed E-state index contributed by atoms with van der Waals surface area (Å²) in [6.45, 7) is 0. The summed E-state index contributed by atoms with van der Waals surface area (Å²) in [5.41, 5.74) is 6.21. The highest BCUT2D eigenvalue weighted by Crippen LogP contribution is 2.28. The van der Waals surface area contributed by atoms with E-state index in [-0.39, 0.29) is 4.69 Å². The standard InChI is InChI=1S/C7H4Br2ClNO/c8-3-1-4(7(9)12)6(11)5(10)2-3/h1-2H,11H2. The van der Waals surface area contributed by atoms with Crippen molar-refractivity contribution >= 4 is 53.8 Å². The minimum atomic E-state index is -0.275. The number of carbonyl (C=O) groups is 1. The minimum Gasteiger partial charge on any atom is -0.397 e. The van der Waals surface area contributed by atoms with Crippen molar-refractivity contribution in [1.29, 1.82) is 0 Å². The summed E-state index contributed by atoms with van der Waals surface area (Å²) in [6.07, 6.45) is 0. The van der Waals surface area contributed by atoms with Crippen LogP contribution < -0.4 is 5.73 Å². The maximum Gasteiger partial charge on any atom is 0.230 e. The van der Waals surface area contributed by atoms with E-state index >= 15 is 0 Å². The SMILES string of the molecule is Nc1c(Cl)cc(Br)cc1C(=O)Br. The third kappa shape index (κ3) is 2.00. The lowest BCUT2D eigenvalue weighted by Crippen LogP contribution is -1.97. The van der Waals surface area contributed by atoms with Crippen LogP contribution in [0, 0.1) is 0 Å². The van der Waals surface area contributed by atoms with Crippen LogP contribution in [0.2, 0.25) is 5.02 Å². The first kappa shape index (κ1) is 10.0. The van der Waals surface area contributed by atoms with Gasteiger partial charge in [-0.25, -0.2) is 0 Å². The average Bonchev–Trinajstić information content (AvgIpc) is 1.96. The molecule has 0 saturated carbocycles. The Morgan fingerprint density at radius 2 is 2.08 bits per heavy atom. The predicted molar refractivity (Wildman–Crippen MR) is 56.8 cm³/mol. The highest BCUT2D eigenvalue weighted by molar-refractivity contribution is 9.18. The Morgan fingerprint density at radius 3 is 2.58 bits per heavy atom. The first-order chi connectivity index (χ1) is 5.52. The summed E-state index contributed by atoms with van der Waals surface area (Å²) in [5, 5.41) is 0.368. The Kier molecular flexibility index (Phi) is 3.15. The summed E-state index contributed by atoms with van der Waals surface area (Å²) in [7, 11) is 0. The molecular weight excluding hydrogens is 309 g/mol. The van der Waals surface area contributed by atoms with Gasteiger partial charge in [-0.05, 0) is 28.1 Å². The van der Waals surface area contributed by atoms with Gasteiger partial charge in [0.1, 0.15) is 0 Å². The highest BCUT2D eigenvalue weighted by Gasteiger charge is 2.10. The normalized spacial score (nSPS) is 9.92. The third-order valence-electron chi connectivity index (χ3n) is 1.31. The lowest BCUT2D eigenvalue weighted by Gasteiger charge is -2.03. The van der Waals surface area contributed by atoms with E-state index in [0.717, 1.165) is 4.47 Å². The van der Waals surface area contributed by atoms with Crippen molar-refractivity contribution in [2.45, 2.75) is 0 Å². The van der Waals surface area contributed by atoms with E-state index in [1.165, 1.54) is 0 Å². The number of halogens is 3. The molecule has 0 radical (unpaired) electrons. The molecule has 0 aromatic heterocycles. The van der Waals surface area contributed by atoms with E-state index in [1.807, 2.05) is 0 Å². The van der Waals surface area contributed by atoms with E-state index in [9.17, 15) is 4.79 Å². The summed E-state index contributed by atoms with van der Waals surface area (Å²) in [5.74, 6) is 0. The van der Waals surface area contributed by atoms with Gasteiger partial charge in [-0.15, -0.1) is 0 Å². The maximum atomic E-state index is 10.9. The highest BCUT2D eigenvalue weighted by atomic mass is 79.9. The minimum absolute atomic E-state index is 0.275. The molecule has 0 bridgehead atoms. The Hall–Kier alpha value is -0.0600. The molecule has 0 spiro atoms. The van der Waals surface area contributed by atoms with E-state index in [2.05, 4.69) is 31.9 Å². The lowest BCUT2D eigenvalue weighted by molar-refractivity contribution is 0.109. The van der Waals surface area contributed by atoms with Crippen LogP contribution in [0.4, 0.5) is 5.69 Å². The molecule has 2 N–H and O–H groups in total. The fourth-order valence-corrected chi connectivity index (χ4v) is 1.88. The third-order valence-corrected chi connectivity index (χ3v) is 2.50. The van der Waals surface area contributed by atoms with Crippen LogP contribution in [0.1, 0.15) is 10.4 Å². The van der Waals surface area contributed by atoms with Gasteiger partial charge in [0.15, 0.2) is 0 Å². The number of rotatable bonds is 1.